The van der Waals surface area contributed by atoms with Crippen LogP contribution in [0.25, 0.3) is 0 Å². The summed E-state index contributed by atoms with van der Waals surface area (Å²) < 4.78 is 32.7. The lowest BCUT2D eigenvalue weighted by molar-refractivity contribution is -0.120. The normalized spacial score (nSPS) is 25.7. The van der Waals surface area contributed by atoms with Crippen LogP contribution in [0.3, 0.4) is 0 Å². The summed E-state index contributed by atoms with van der Waals surface area (Å²) >= 11 is 0. The van der Waals surface area contributed by atoms with Crippen LogP contribution < -0.4 is 11.4 Å². The van der Waals surface area contributed by atoms with Crippen molar-refractivity contribution in [2.75, 3.05) is 12.3 Å². The lowest BCUT2D eigenvalue weighted by atomic mass is 10.2. The van der Waals surface area contributed by atoms with E-state index < -0.39 is 37.0 Å². The van der Waals surface area contributed by atoms with E-state index in [4.69, 9.17) is 15.6 Å². The van der Waals surface area contributed by atoms with Crippen LogP contribution >= 0.6 is 0 Å². The molecule has 1 saturated heterocycles. The van der Waals surface area contributed by atoms with E-state index in [1.165, 1.54) is 6.07 Å². The molecule has 1 fully saturated rings. The van der Waals surface area contributed by atoms with Crippen molar-refractivity contribution in [2.24, 2.45) is 0 Å². The Labute approximate surface area is 102 Å². The third-order valence-corrected chi connectivity index (χ3v) is 2.49. The standard InChI is InChI=1S/C9H11F2N3O3.CH4/c10-9(11)3-5(4-15)17-7(9)14-2-1-6(12)13-8(14)16;/h1-2,5,7,15H,3-4H2,(H2,12,13,16);1H4. The number of anilines is 1. The molecule has 8 heteroatoms. The molecule has 102 valence electrons. The zero-order valence-corrected chi connectivity index (χ0v) is 8.72. The third-order valence-electron chi connectivity index (χ3n) is 2.49. The second-order valence-electron chi connectivity index (χ2n) is 3.80. The fourth-order valence-electron chi connectivity index (χ4n) is 1.72. The maximum atomic E-state index is 13.6. The van der Waals surface area contributed by atoms with E-state index in [1.807, 2.05) is 0 Å². The number of hydrogen-bond donors (Lipinski definition) is 2. The minimum Gasteiger partial charge on any atom is -0.394 e. The highest BCUT2D eigenvalue weighted by atomic mass is 19.3. The number of nitrogens with zero attached hydrogens (tertiary/aromatic N) is 2. The van der Waals surface area contributed by atoms with Crippen molar-refractivity contribution in [3.05, 3.63) is 22.7 Å². The number of ether oxygens (including phenoxy) is 1. The summed E-state index contributed by atoms with van der Waals surface area (Å²) in [4.78, 5) is 14.7. The van der Waals surface area contributed by atoms with Crippen LogP contribution in [0.1, 0.15) is 20.1 Å². The number of nitrogens with two attached hydrogens (primary N) is 1. The molecule has 2 unspecified atom stereocenters. The summed E-state index contributed by atoms with van der Waals surface area (Å²) in [6.45, 7) is -0.525. The first kappa shape index (κ1) is 14.5. The monoisotopic (exact) mass is 263 g/mol. The largest absolute Gasteiger partial charge is 0.394 e. The van der Waals surface area contributed by atoms with Crippen LogP contribution in [-0.4, -0.2) is 33.3 Å². The Balaban J connectivity index is 0.00000162. The zero-order chi connectivity index (χ0) is 12.6. The van der Waals surface area contributed by atoms with Crippen molar-refractivity contribution in [3.63, 3.8) is 0 Å². The minimum atomic E-state index is -3.23. The molecule has 1 aliphatic rings. The van der Waals surface area contributed by atoms with E-state index in [0.29, 0.717) is 4.57 Å². The van der Waals surface area contributed by atoms with Gasteiger partial charge in [0, 0.05) is 12.6 Å². The summed E-state index contributed by atoms with van der Waals surface area (Å²) in [7, 11) is 0. The molecule has 0 amide bonds. The lowest BCUT2D eigenvalue weighted by Gasteiger charge is -2.19. The van der Waals surface area contributed by atoms with Crippen molar-refractivity contribution < 1.29 is 18.6 Å². The Hall–Kier alpha value is -1.54. The number of alkyl halides is 2. The number of rotatable bonds is 2. The predicted octanol–water partition coefficient (Wildman–Crippen LogP) is 0.377. The molecular formula is C10H15F2N3O3. The summed E-state index contributed by atoms with van der Waals surface area (Å²) in [5.74, 6) is -3.28. The van der Waals surface area contributed by atoms with Gasteiger partial charge in [0.15, 0.2) is 0 Å². The summed E-state index contributed by atoms with van der Waals surface area (Å²) in [5, 5.41) is 8.80. The Bertz CT molecular complexity index is 478. The van der Waals surface area contributed by atoms with Gasteiger partial charge < -0.3 is 15.6 Å². The second-order valence-corrected chi connectivity index (χ2v) is 3.80. The molecule has 3 N–H and O–H groups in total. The smallest absolute Gasteiger partial charge is 0.351 e. The third kappa shape index (κ3) is 2.49. The number of halogens is 2. The molecule has 0 bridgehead atoms. The van der Waals surface area contributed by atoms with Crippen LogP contribution in [0.2, 0.25) is 0 Å². The van der Waals surface area contributed by atoms with Crippen LogP contribution in [-0.2, 0) is 4.74 Å². The molecule has 18 heavy (non-hydrogen) atoms. The summed E-state index contributed by atoms with van der Waals surface area (Å²) in [6.07, 6.45) is -2.27. The minimum absolute atomic E-state index is 0. The fraction of sp³-hybridized carbons (Fsp3) is 0.600. The Morgan fingerprint density at radius 3 is 2.83 bits per heavy atom. The van der Waals surface area contributed by atoms with E-state index in [0.717, 1.165) is 6.20 Å². The van der Waals surface area contributed by atoms with Crippen LogP contribution in [0.5, 0.6) is 0 Å². The van der Waals surface area contributed by atoms with Gasteiger partial charge in [-0.15, -0.1) is 0 Å². The highest BCUT2D eigenvalue weighted by Gasteiger charge is 2.51. The molecule has 6 nitrogen and oxygen atoms in total. The highest BCUT2D eigenvalue weighted by molar-refractivity contribution is 5.23. The number of nitrogen functional groups attached to an aromatic ring is 1. The molecule has 0 aromatic carbocycles. The van der Waals surface area contributed by atoms with Crippen molar-refractivity contribution in [1.29, 1.82) is 0 Å². The Morgan fingerprint density at radius 1 is 1.67 bits per heavy atom. The van der Waals surface area contributed by atoms with Gasteiger partial charge in [-0.1, -0.05) is 7.43 Å². The number of hydrogen-bond acceptors (Lipinski definition) is 5. The Kier molecular flexibility index (Phi) is 4.02. The molecular weight excluding hydrogens is 248 g/mol. The van der Waals surface area contributed by atoms with Gasteiger partial charge in [-0.3, -0.25) is 4.57 Å². The first-order valence-electron chi connectivity index (χ1n) is 4.93. The molecule has 0 aliphatic carbocycles. The molecule has 0 saturated carbocycles. The lowest BCUT2D eigenvalue weighted by Crippen LogP contribution is -2.35. The van der Waals surface area contributed by atoms with Gasteiger partial charge in [-0.25, -0.2) is 13.6 Å². The van der Waals surface area contributed by atoms with Crippen LogP contribution in [0.4, 0.5) is 14.6 Å². The topological polar surface area (TPSA) is 90.4 Å². The molecule has 1 aromatic heterocycles. The Morgan fingerprint density at radius 2 is 2.33 bits per heavy atom. The van der Waals surface area contributed by atoms with Crippen molar-refractivity contribution in [3.8, 4) is 0 Å². The molecule has 2 rings (SSSR count). The molecule has 2 atom stereocenters. The second kappa shape index (κ2) is 4.99. The van der Waals surface area contributed by atoms with E-state index in [1.54, 1.807) is 0 Å². The molecule has 1 aliphatic heterocycles. The summed E-state index contributed by atoms with van der Waals surface area (Å²) in [6, 6.07) is 1.23. The summed E-state index contributed by atoms with van der Waals surface area (Å²) in [5.41, 5.74) is 4.35. The van der Waals surface area contributed by atoms with Gasteiger partial charge in [0.1, 0.15) is 5.82 Å². The number of aliphatic hydroxyl groups excluding tert-OH is 1. The zero-order valence-electron chi connectivity index (χ0n) is 8.72. The van der Waals surface area contributed by atoms with Crippen LogP contribution in [0.15, 0.2) is 17.1 Å². The van der Waals surface area contributed by atoms with Crippen molar-refractivity contribution in [2.45, 2.75) is 32.1 Å². The molecule has 2 heterocycles. The first-order chi connectivity index (χ1) is 7.94. The van der Waals surface area contributed by atoms with Gasteiger partial charge >= 0.3 is 5.69 Å². The molecule has 1 aromatic rings. The van der Waals surface area contributed by atoms with Gasteiger partial charge in [-0.2, -0.15) is 4.98 Å². The average Bonchev–Trinajstić information content (AvgIpc) is 2.54. The number of aliphatic hydroxyl groups is 1. The van der Waals surface area contributed by atoms with Gasteiger partial charge in [0.05, 0.1) is 12.7 Å². The average molecular weight is 263 g/mol. The first-order valence-corrected chi connectivity index (χ1v) is 4.93. The molecule has 0 spiro atoms. The van der Waals surface area contributed by atoms with E-state index in [-0.39, 0.29) is 13.2 Å². The van der Waals surface area contributed by atoms with Crippen LogP contribution in [0, 0.1) is 0 Å². The van der Waals surface area contributed by atoms with Crippen molar-refractivity contribution >= 4 is 5.82 Å². The van der Waals surface area contributed by atoms with E-state index >= 15 is 0 Å². The SMILES string of the molecule is C.Nc1ccn(C2OC(CO)CC2(F)F)c(=O)n1. The van der Waals surface area contributed by atoms with E-state index in [2.05, 4.69) is 4.98 Å². The van der Waals surface area contributed by atoms with Gasteiger partial charge in [0.2, 0.25) is 6.23 Å². The maximum absolute atomic E-state index is 13.6. The quantitative estimate of drug-likeness (QED) is 0.804. The molecule has 0 radical (unpaired) electrons. The van der Waals surface area contributed by atoms with Crippen molar-refractivity contribution in [1.82, 2.24) is 9.55 Å². The maximum Gasteiger partial charge on any atom is 0.351 e. The van der Waals surface area contributed by atoms with Gasteiger partial charge in [0.25, 0.3) is 5.92 Å². The fourth-order valence-corrected chi connectivity index (χ4v) is 1.72. The highest BCUT2D eigenvalue weighted by Crippen LogP contribution is 2.41. The van der Waals surface area contributed by atoms with E-state index in [9.17, 15) is 13.6 Å². The van der Waals surface area contributed by atoms with Gasteiger partial charge in [-0.05, 0) is 6.07 Å². The number of aromatic nitrogens is 2. The predicted molar refractivity (Wildman–Crippen MR) is 60.2 cm³/mol.